The molecule has 0 N–H and O–H groups in total. The molecular formula is C15H14F8O2Si. The second-order valence-corrected chi connectivity index (χ2v) is 11.1. The van der Waals surface area contributed by atoms with Crippen LogP contribution < -0.4 is 4.74 Å². The second-order valence-electron chi connectivity index (χ2n) is 6.63. The highest BCUT2D eigenvalue weighted by Gasteiger charge is 2.82. The van der Waals surface area contributed by atoms with Crippen molar-refractivity contribution in [1.29, 1.82) is 0 Å². The van der Waals surface area contributed by atoms with Gasteiger partial charge < -0.3 is 9.16 Å². The first-order chi connectivity index (χ1) is 11.5. The van der Waals surface area contributed by atoms with Gasteiger partial charge in [0.05, 0.1) is 5.56 Å². The molecule has 2 rings (SSSR count). The summed E-state index contributed by atoms with van der Waals surface area (Å²) in [5.74, 6) is -7.74. The summed E-state index contributed by atoms with van der Waals surface area (Å²) < 4.78 is 117. The zero-order chi connectivity index (χ0) is 20.2. The van der Waals surface area contributed by atoms with Gasteiger partial charge in [-0.25, -0.2) is 0 Å². The monoisotopic (exact) mass is 406 g/mol. The third-order valence-electron chi connectivity index (χ3n) is 3.42. The fourth-order valence-corrected chi connectivity index (χ4v) is 3.15. The van der Waals surface area contributed by atoms with Gasteiger partial charge in [0, 0.05) is 6.08 Å². The molecule has 1 unspecified atom stereocenters. The van der Waals surface area contributed by atoms with Gasteiger partial charge in [0.25, 0.3) is 5.60 Å². The highest BCUT2D eigenvalue weighted by atomic mass is 28.4. The Morgan fingerprint density at radius 2 is 1.46 bits per heavy atom. The first-order valence-electron chi connectivity index (χ1n) is 7.23. The molecule has 0 spiro atoms. The summed E-state index contributed by atoms with van der Waals surface area (Å²) in [4.78, 5) is 0. The Kier molecular flexibility index (Phi) is 4.63. The molecule has 146 valence electrons. The van der Waals surface area contributed by atoms with Gasteiger partial charge in [-0.1, -0.05) is 12.1 Å². The van der Waals surface area contributed by atoms with Gasteiger partial charge in [0.15, 0.2) is 0 Å². The van der Waals surface area contributed by atoms with E-state index >= 15 is 0 Å². The number of benzene rings is 1. The van der Waals surface area contributed by atoms with E-state index in [9.17, 15) is 35.1 Å². The maximum atomic E-state index is 14.0. The van der Waals surface area contributed by atoms with Crippen LogP contribution in [-0.4, -0.2) is 32.2 Å². The van der Waals surface area contributed by atoms with Crippen LogP contribution in [-0.2, 0) is 4.43 Å². The lowest BCUT2D eigenvalue weighted by atomic mass is 9.89. The molecule has 0 amide bonds. The van der Waals surface area contributed by atoms with Crippen LogP contribution >= 0.6 is 0 Å². The average Bonchev–Trinajstić information content (AvgIpc) is 2.42. The minimum Gasteiger partial charge on any atom is -0.544 e. The van der Waals surface area contributed by atoms with Crippen LogP contribution in [0.1, 0.15) is 5.56 Å². The number of ether oxygens (including phenoxy) is 1. The van der Waals surface area contributed by atoms with Gasteiger partial charge in [-0.2, -0.15) is 35.1 Å². The molecule has 0 saturated heterocycles. The predicted octanol–water partition coefficient (Wildman–Crippen LogP) is 5.77. The van der Waals surface area contributed by atoms with Crippen LogP contribution in [0, 0.1) is 0 Å². The SMILES string of the molecule is C[Si](C)(C)OC1=CC(C(F)(F)F)(C(F)(F)C(F)(F)F)Oc2ccccc21. The lowest BCUT2D eigenvalue weighted by Crippen LogP contribution is -2.67. The van der Waals surface area contributed by atoms with Crippen molar-refractivity contribution in [3.05, 3.63) is 35.9 Å². The largest absolute Gasteiger partial charge is 0.544 e. The highest BCUT2D eigenvalue weighted by Crippen LogP contribution is 2.56. The lowest BCUT2D eigenvalue weighted by molar-refractivity contribution is -0.380. The van der Waals surface area contributed by atoms with Crippen molar-refractivity contribution in [2.75, 3.05) is 0 Å². The van der Waals surface area contributed by atoms with E-state index in [1.165, 1.54) is 12.1 Å². The van der Waals surface area contributed by atoms with E-state index in [4.69, 9.17) is 4.43 Å². The van der Waals surface area contributed by atoms with Crippen LogP contribution in [0.3, 0.4) is 0 Å². The van der Waals surface area contributed by atoms with E-state index in [0.29, 0.717) is 0 Å². The number of halogens is 8. The predicted molar refractivity (Wildman–Crippen MR) is 79.3 cm³/mol. The van der Waals surface area contributed by atoms with Crippen LogP contribution in [0.5, 0.6) is 5.75 Å². The molecular weight excluding hydrogens is 392 g/mol. The molecule has 1 aliphatic heterocycles. The summed E-state index contributed by atoms with van der Waals surface area (Å²) in [7, 11) is -2.66. The van der Waals surface area contributed by atoms with E-state index in [1.807, 2.05) is 0 Å². The van der Waals surface area contributed by atoms with Crippen molar-refractivity contribution in [1.82, 2.24) is 0 Å². The Labute approximate surface area is 144 Å². The molecule has 1 aliphatic rings. The molecule has 1 heterocycles. The second kappa shape index (κ2) is 5.86. The minimum atomic E-state index is -6.50. The molecule has 0 fully saturated rings. The molecule has 0 aliphatic carbocycles. The molecule has 2 nitrogen and oxygen atoms in total. The van der Waals surface area contributed by atoms with Crippen molar-refractivity contribution in [2.24, 2.45) is 0 Å². The van der Waals surface area contributed by atoms with Gasteiger partial charge >= 0.3 is 18.3 Å². The Hall–Kier alpha value is -1.78. The van der Waals surface area contributed by atoms with Crippen LogP contribution in [0.2, 0.25) is 19.6 Å². The zero-order valence-electron chi connectivity index (χ0n) is 13.7. The Morgan fingerprint density at radius 1 is 0.923 bits per heavy atom. The molecule has 0 saturated carbocycles. The Morgan fingerprint density at radius 3 is 1.92 bits per heavy atom. The fourth-order valence-electron chi connectivity index (χ4n) is 2.32. The third kappa shape index (κ3) is 3.28. The van der Waals surface area contributed by atoms with E-state index in [-0.39, 0.29) is 11.6 Å². The summed E-state index contributed by atoms with van der Waals surface area (Å²) in [5, 5.41) is 0. The average molecular weight is 406 g/mol. The van der Waals surface area contributed by atoms with E-state index < -0.39 is 43.7 Å². The third-order valence-corrected chi connectivity index (χ3v) is 4.25. The molecule has 0 radical (unpaired) electrons. The summed E-state index contributed by atoms with van der Waals surface area (Å²) in [6, 6.07) is 4.62. The topological polar surface area (TPSA) is 18.5 Å². The van der Waals surface area contributed by atoms with Crippen molar-refractivity contribution in [2.45, 2.75) is 43.5 Å². The Balaban J connectivity index is 2.80. The molecule has 0 aromatic heterocycles. The van der Waals surface area contributed by atoms with Gasteiger partial charge in [-0.05, 0) is 31.8 Å². The number of para-hydroxylation sites is 1. The van der Waals surface area contributed by atoms with E-state index in [2.05, 4.69) is 4.74 Å². The van der Waals surface area contributed by atoms with Gasteiger partial charge in [-0.3, -0.25) is 0 Å². The summed E-state index contributed by atoms with van der Waals surface area (Å²) in [6.07, 6.45) is -12.9. The smallest absolute Gasteiger partial charge is 0.458 e. The van der Waals surface area contributed by atoms with Crippen molar-refractivity contribution >= 4 is 14.1 Å². The lowest BCUT2D eigenvalue weighted by Gasteiger charge is -2.43. The summed E-state index contributed by atoms with van der Waals surface area (Å²) in [6.45, 7) is 4.63. The summed E-state index contributed by atoms with van der Waals surface area (Å²) >= 11 is 0. The number of rotatable bonds is 3. The standard InChI is InChI=1S/C15H14F8O2Si/c1-26(2,3)25-11-8-12(14(18,19)20,13(16,17)15(21,22)23)24-10-7-5-4-6-9(10)11/h4-8H,1-3H3. The molecule has 0 bridgehead atoms. The number of fused-ring (bicyclic) bond motifs is 1. The van der Waals surface area contributed by atoms with Crippen LogP contribution in [0.25, 0.3) is 5.76 Å². The van der Waals surface area contributed by atoms with Crippen molar-refractivity contribution in [3.63, 3.8) is 0 Å². The molecule has 11 heteroatoms. The molecule has 1 aromatic carbocycles. The quantitative estimate of drug-likeness (QED) is 0.469. The number of alkyl halides is 8. The number of hydrogen-bond donors (Lipinski definition) is 0. The van der Waals surface area contributed by atoms with Crippen molar-refractivity contribution < 1.29 is 44.3 Å². The van der Waals surface area contributed by atoms with Crippen LogP contribution in [0.15, 0.2) is 30.3 Å². The number of hydrogen-bond acceptors (Lipinski definition) is 2. The Bertz CT molecular complexity index is 718. The minimum absolute atomic E-state index is 0.132. The van der Waals surface area contributed by atoms with Crippen molar-refractivity contribution in [3.8, 4) is 5.75 Å². The maximum absolute atomic E-state index is 14.0. The highest BCUT2D eigenvalue weighted by molar-refractivity contribution is 6.70. The first kappa shape index (κ1) is 20.5. The molecule has 1 atom stereocenters. The maximum Gasteiger partial charge on any atom is 0.458 e. The zero-order valence-corrected chi connectivity index (χ0v) is 14.7. The summed E-state index contributed by atoms with van der Waals surface area (Å²) in [5.41, 5.74) is -5.07. The molecule has 1 aromatic rings. The first-order valence-corrected chi connectivity index (χ1v) is 10.6. The van der Waals surface area contributed by atoms with Gasteiger partial charge in [0.2, 0.25) is 8.32 Å². The van der Waals surface area contributed by atoms with E-state index in [1.54, 1.807) is 19.6 Å². The van der Waals surface area contributed by atoms with Crippen LogP contribution in [0.4, 0.5) is 35.1 Å². The normalized spacial score (nSPS) is 21.6. The fraction of sp³-hybridized carbons (Fsp3) is 0.467. The van der Waals surface area contributed by atoms with Gasteiger partial charge in [-0.15, -0.1) is 0 Å². The molecule has 26 heavy (non-hydrogen) atoms. The van der Waals surface area contributed by atoms with Gasteiger partial charge in [0.1, 0.15) is 11.5 Å². The van der Waals surface area contributed by atoms with E-state index in [0.717, 1.165) is 12.1 Å².